The number of nitrogens with two attached hydrogens (primary N) is 1. The molecular weight excluding hydrogens is 248 g/mol. The van der Waals surface area contributed by atoms with E-state index in [4.69, 9.17) is 17.4 Å². The highest BCUT2D eigenvalue weighted by Gasteiger charge is 2.16. The number of thiophene rings is 2. The minimum Gasteiger partial charge on any atom is -0.271 e. The highest BCUT2D eigenvalue weighted by atomic mass is 35.5. The predicted octanol–water partition coefficient (Wildman–Crippen LogP) is 3.32. The summed E-state index contributed by atoms with van der Waals surface area (Å²) < 4.78 is 0.790. The standard InChI is InChI=1S/C10H11ClN2S2/c1-6-7(4-5-14-6)10(13-12)8-2-3-9(11)15-8/h2-5,10,13H,12H2,1H3. The molecule has 0 radical (unpaired) electrons. The molecule has 0 spiro atoms. The number of halogens is 1. The first-order chi connectivity index (χ1) is 7.22. The highest BCUT2D eigenvalue weighted by Crippen LogP contribution is 2.33. The minimum atomic E-state index is 0.0498. The Balaban J connectivity index is 2.36. The second-order valence-corrected chi connectivity index (χ2v) is 6.04. The molecular formula is C10H11ClN2S2. The Morgan fingerprint density at radius 2 is 2.20 bits per heavy atom. The van der Waals surface area contributed by atoms with E-state index < -0.39 is 0 Å². The van der Waals surface area contributed by atoms with Gasteiger partial charge in [0, 0.05) is 9.75 Å². The van der Waals surface area contributed by atoms with Crippen molar-refractivity contribution in [1.82, 2.24) is 5.43 Å². The molecule has 2 rings (SSSR count). The summed E-state index contributed by atoms with van der Waals surface area (Å²) in [5, 5.41) is 2.07. The molecule has 0 saturated carbocycles. The van der Waals surface area contributed by atoms with Crippen molar-refractivity contribution in [2.24, 2.45) is 5.84 Å². The van der Waals surface area contributed by atoms with E-state index in [1.54, 1.807) is 22.7 Å². The number of hydrazine groups is 1. The Morgan fingerprint density at radius 1 is 1.40 bits per heavy atom. The first kappa shape index (κ1) is 11.1. The van der Waals surface area contributed by atoms with Crippen LogP contribution in [0.4, 0.5) is 0 Å². The van der Waals surface area contributed by atoms with Crippen LogP contribution in [-0.4, -0.2) is 0 Å². The average Bonchev–Trinajstić information content (AvgIpc) is 2.79. The van der Waals surface area contributed by atoms with Crippen molar-refractivity contribution < 1.29 is 0 Å². The van der Waals surface area contributed by atoms with Gasteiger partial charge >= 0.3 is 0 Å². The van der Waals surface area contributed by atoms with E-state index >= 15 is 0 Å². The third-order valence-corrected chi connectivity index (χ3v) is 4.41. The molecule has 0 bridgehead atoms. The van der Waals surface area contributed by atoms with Gasteiger partial charge in [-0.15, -0.1) is 22.7 Å². The van der Waals surface area contributed by atoms with Gasteiger partial charge < -0.3 is 0 Å². The topological polar surface area (TPSA) is 38.0 Å². The third kappa shape index (κ3) is 2.24. The van der Waals surface area contributed by atoms with E-state index in [1.165, 1.54) is 10.4 Å². The van der Waals surface area contributed by atoms with Crippen LogP contribution in [0.25, 0.3) is 0 Å². The average molecular weight is 259 g/mol. The first-order valence-corrected chi connectivity index (χ1v) is 6.55. The van der Waals surface area contributed by atoms with Gasteiger partial charge in [0.15, 0.2) is 0 Å². The van der Waals surface area contributed by atoms with Crippen molar-refractivity contribution in [2.45, 2.75) is 13.0 Å². The molecule has 3 N–H and O–H groups in total. The Hall–Kier alpha value is -0.390. The molecule has 0 fully saturated rings. The molecule has 80 valence electrons. The Bertz CT molecular complexity index is 450. The number of nitrogens with one attached hydrogen (secondary N) is 1. The number of hydrogen-bond acceptors (Lipinski definition) is 4. The zero-order chi connectivity index (χ0) is 10.8. The molecule has 0 aliphatic carbocycles. The van der Waals surface area contributed by atoms with E-state index in [0.717, 1.165) is 9.21 Å². The summed E-state index contributed by atoms with van der Waals surface area (Å²) in [5.74, 6) is 5.59. The molecule has 2 aromatic heterocycles. The molecule has 2 aromatic rings. The lowest BCUT2D eigenvalue weighted by Gasteiger charge is -2.13. The summed E-state index contributed by atoms with van der Waals surface area (Å²) >= 11 is 9.20. The minimum absolute atomic E-state index is 0.0498. The van der Waals surface area contributed by atoms with Crippen LogP contribution in [0.15, 0.2) is 23.6 Å². The summed E-state index contributed by atoms with van der Waals surface area (Å²) in [6, 6.07) is 6.05. The van der Waals surface area contributed by atoms with E-state index in [1.807, 2.05) is 12.1 Å². The summed E-state index contributed by atoms with van der Waals surface area (Å²) in [5.41, 5.74) is 4.06. The largest absolute Gasteiger partial charge is 0.271 e. The van der Waals surface area contributed by atoms with Gasteiger partial charge in [0.1, 0.15) is 0 Å². The zero-order valence-electron chi connectivity index (χ0n) is 8.16. The quantitative estimate of drug-likeness (QED) is 0.655. The Kier molecular flexibility index (Phi) is 3.43. The van der Waals surface area contributed by atoms with Crippen molar-refractivity contribution in [3.63, 3.8) is 0 Å². The molecule has 0 aliphatic rings. The highest BCUT2D eigenvalue weighted by molar-refractivity contribution is 7.16. The second-order valence-electron chi connectivity index (χ2n) is 3.17. The van der Waals surface area contributed by atoms with E-state index in [2.05, 4.69) is 23.8 Å². The van der Waals surface area contributed by atoms with Crippen LogP contribution in [0.3, 0.4) is 0 Å². The van der Waals surface area contributed by atoms with Gasteiger partial charge in [-0.25, -0.2) is 5.43 Å². The van der Waals surface area contributed by atoms with Gasteiger partial charge in [0.25, 0.3) is 0 Å². The zero-order valence-corrected chi connectivity index (χ0v) is 10.5. The van der Waals surface area contributed by atoms with Crippen molar-refractivity contribution in [1.29, 1.82) is 0 Å². The van der Waals surface area contributed by atoms with Crippen molar-refractivity contribution >= 4 is 34.3 Å². The maximum Gasteiger partial charge on any atom is 0.0931 e. The predicted molar refractivity (Wildman–Crippen MR) is 67.6 cm³/mol. The summed E-state index contributed by atoms with van der Waals surface area (Å²) in [6.07, 6.45) is 0. The van der Waals surface area contributed by atoms with Crippen LogP contribution in [-0.2, 0) is 0 Å². The second kappa shape index (κ2) is 4.63. The summed E-state index contributed by atoms with van der Waals surface area (Å²) in [6.45, 7) is 2.10. The van der Waals surface area contributed by atoms with Gasteiger partial charge in [0.2, 0.25) is 0 Å². The van der Waals surface area contributed by atoms with Gasteiger partial charge in [-0.05, 0) is 36.1 Å². The van der Waals surface area contributed by atoms with Crippen molar-refractivity contribution in [3.8, 4) is 0 Å². The van der Waals surface area contributed by atoms with Crippen molar-refractivity contribution in [2.75, 3.05) is 0 Å². The molecule has 1 atom stereocenters. The molecule has 15 heavy (non-hydrogen) atoms. The van der Waals surface area contributed by atoms with Crippen molar-refractivity contribution in [3.05, 3.63) is 43.2 Å². The molecule has 0 aliphatic heterocycles. The smallest absolute Gasteiger partial charge is 0.0931 e. The fourth-order valence-electron chi connectivity index (χ4n) is 1.50. The number of rotatable bonds is 3. The van der Waals surface area contributed by atoms with Crippen LogP contribution in [0.2, 0.25) is 4.34 Å². The number of hydrogen-bond donors (Lipinski definition) is 2. The Labute approximate surface area is 102 Å². The van der Waals surface area contributed by atoms with Gasteiger partial charge in [-0.2, -0.15) is 0 Å². The maximum atomic E-state index is 5.92. The lowest BCUT2D eigenvalue weighted by atomic mass is 10.1. The maximum absolute atomic E-state index is 5.92. The van der Waals surface area contributed by atoms with Crippen LogP contribution >= 0.6 is 34.3 Å². The third-order valence-electron chi connectivity index (χ3n) is 2.26. The van der Waals surface area contributed by atoms with Crippen LogP contribution < -0.4 is 11.3 Å². The van der Waals surface area contributed by atoms with E-state index in [0.29, 0.717) is 0 Å². The fourth-order valence-corrected chi connectivity index (χ4v) is 3.38. The monoisotopic (exact) mass is 258 g/mol. The molecule has 0 amide bonds. The van der Waals surface area contributed by atoms with E-state index in [-0.39, 0.29) is 6.04 Å². The molecule has 1 unspecified atom stereocenters. The summed E-state index contributed by atoms with van der Waals surface area (Å²) in [4.78, 5) is 2.42. The number of aryl methyl sites for hydroxylation is 1. The van der Waals surface area contributed by atoms with Gasteiger partial charge in [-0.3, -0.25) is 5.84 Å². The van der Waals surface area contributed by atoms with Gasteiger partial charge in [0.05, 0.1) is 10.4 Å². The van der Waals surface area contributed by atoms with Crippen LogP contribution in [0.5, 0.6) is 0 Å². The van der Waals surface area contributed by atoms with Crippen LogP contribution in [0.1, 0.15) is 21.4 Å². The molecule has 0 saturated heterocycles. The van der Waals surface area contributed by atoms with Crippen LogP contribution in [0, 0.1) is 6.92 Å². The van der Waals surface area contributed by atoms with E-state index in [9.17, 15) is 0 Å². The molecule has 2 heterocycles. The molecule has 5 heteroatoms. The normalized spacial score (nSPS) is 13.0. The fraction of sp³-hybridized carbons (Fsp3) is 0.200. The molecule has 0 aromatic carbocycles. The SMILES string of the molecule is Cc1sccc1C(NN)c1ccc(Cl)s1. The first-order valence-electron chi connectivity index (χ1n) is 4.47. The summed E-state index contributed by atoms with van der Waals surface area (Å²) in [7, 11) is 0. The lowest BCUT2D eigenvalue weighted by Crippen LogP contribution is -2.28. The Morgan fingerprint density at radius 3 is 2.67 bits per heavy atom. The lowest BCUT2D eigenvalue weighted by molar-refractivity contribution is 0.646. The van der Waals surface area contributed by atoms with Gasteiger partial charge in [-0.1, -0.05) is 11.6 Å². The molecule has 2 nitrogen and oxygen atoms in total.